The monoisotopic (exact) mass is 218 g/mol. The van der Waals surface area contributed by atoms with Gasteiger partial charge in [-0.25, -0.2) is 9.37 Å². The van der Waals surface area contributed by atoms with Crippen molar-refractivity contribution >= 4 is 21.7 Å². The summed E-state index contributed by atoms with van der Waals surface area (Å²) in [4.78, 5) is 4.05. The van der Waals surface area contributed by atoms with E-state index in [0.29, 0.717) is 12.4 Å². The number of aromatic nitrogens is 1. The van der Waals surface area contributed by atoms with Crippen molar-refractivity contribution in [2.24, 2.45) is 0 Å². The van der Waals surface area contributed by atoms with Gasteiger partial charge in [-0.3, -0.25) is 0 Å². The molecule has 1 aromatic rings. The highest BCUT2D eigenvalue weighted by Gasteiger charge is 1.92. The van der Waals surface area contributed by atoms with E-state index < -0.39 is 0 Å². The third-order valence-corrected chi connectivity index (χ3v) is 1.56. The molecule has 2 nitrogen and oxygen atoms in total. The van der Waals surface area contributed by atoms with Crippen LogP contribution in [0.2, 0.25) is 0 Å². The van der Waals surface area contributed by atoms with Crippen LogP contribution in [0.5, 0.6) is 0 Å². The SMILES string of the molecule is FCCNc1cccc(Br)n1. The number of nitrogens with zero attached hydrogens (tertiary/aromatic N) is 1. The predicted octanol–water partition coefficient (Wildman–Crippen LogP) is 2.23. The van der Waals surface area contributed by atoms with Crippen LogP contribution in [0.3, 0.4) is 0 Å². The Morgan fingerprint density at radius 3 is 3.00 bits per heavy atom. The van der Waals surface area contributed by atoms with E-state index in [1.54, 1.807) is 6.07 Å². The summed E-state index contributed by atoms with van der Waals surface area (Å²) in [7, 11) is 0. The van der Waals surface area contributed by atoms with Crippen molar-refractivity contribution in [1.29, 1.82) is 0 Å². The first kappa shape index (κ1) is 8.46. The molecule has 0 radical (unpaired) electrons. The molecule has 0 bridgehead atoms. The Labute approximate surface area is 73.0 Å². The van der Waals surface area contributed by atoms with Crippen molar-refractivity contribution in [3.05, 3.63) is 22.8 Å². The fourth-order valence-electron chi connectivity index (χ4n) is 0.682. The van der Waals surface area contributed by atoms with Gasteiger partial charge in [0.05, 0.1) is 0 Å². The van der Waals surface area contributed by atoms with Gasteiger partial charge in [-0.05, 0) is 28.1 Å². The molecule has 0 atom stereocenters. The lowest BCUT2D eigenvalue weighted by molar-refractivity contribution is 0.512. The van der Waals surface area contributed by atoms with Crippen molar-refractivity contribution < 1.29 is 4.39 Å². The lowest BCUT2D eigenvalue weighted by Crippen LogP contribution is -2.04. The standard InChI is InChI=1S/C7H8BrFN2/c8-6-2-1-3-7(11-6)10-5-4-9/h1-3H,4-5H2,(H,10,11). The van der Waals surface area contributed by atoms with Gasteiger partial charge in [0, 0.05) is 6.54 Å². The molecule has 0 aliphatic carbocycles. The number of pyridine rings is 1. The first-order chi connectivity index (χ1) is 5.33. The summed E-state index contributed by atoms with van der Waals surface area (Å²) in [6.45, 7) is -0.0718. The van der Waals surface area contributed by atoms with Gasteiger partial charge in [0.1, 0.15) is 17.1 Å². The molecule has 60 valence electrons. The fraction of sp³-hybridized carbons (Fsp3) is 0.286. The molecule has 0 aromatic carbocycles. The fourth-order valence-corrected chi connectivity index (χ4v) is 1.03. The summed E-state index contributed by atoms with van der Waals surface area (Å²) in [5.41, 5.74) is 0. The molecule has 1 aromatic heterocycles. The minimum atomic E-state index is -0.381. The lowest BCUT2D eigenvalue weighted by Gasteiger charge is -2.01. The Bertz CT molecular complexity index is 229. The highest BCUT2D eigenvalue weighted by molar-refractivity contribution is 9.10. The zero-order valence-corrected chi connectivity index (χ0v) is 7.44. The molecule has 0 spiro atoms. The summed E-state index contributed by atoms with van der Waals surface area (Å²) in [6, 6.07) is 5.46. The van der Waals surface area contributed by atoms with Crippen LogP contribution in [0.4, 0.5) is 10.2 Å². The van der Waals surface area contributed by atoms with Gasteiger partial charge < -0.3 is 5.32 Å². The van der Waals surface area contributed by atoms with Gasteiger partial charge in [0.15, 0.2) is 0 Å². The van der Waals surface area contributed by atoms with Gasteiger partial charge in [0.25, 0.3) is 0 Å². The van der Waals surface area contributed by atoms with Crippen molar-refractivity contribution in [3.63, 3.8) is 0 Å². The van der Waals surface area contributed by atoms with E-state index in [1.807, 2.05) is 12.1 Å². The number of rotatable bonds is 3. The molecule has 0 aliphatic heterocycles. The summed E-state index contributed by atoms with van der Waals surface area (Å²) < 4.78 is 12.4. The maximum atomic E-state index is 11.7. The van der Waals surface area contributed by atoms with E-state index in [0.717, 1.165) is 4.60 Å². The Hall–Kier alpha value is -0.640. The first-order valence-electron chi connectivity index (χ1n) is 3.25. The number of hydrogen-bond acceptors (Lipinski definition) is 2. The minimum Gasteiger partial charge on any atom is -0.367 e. The smallest absolute Gasteiger partial charge is 0.127 e. The van der Waals surface area contributed by atoms with E-state index in [-0.39, 0.29) is 6.67 Å². The van der Waals surface area contributed by atoms with Crippen LogP contribution in [0.25, 0.3) is 0 Å². The molecular weight excluding hydrogens is 211 g/mol. The molecule has 1 rings (SSSR count). The van der Waals surface area contributed by atoms with Gasteiger partial charge in [-0.1, -0.05) is 6.07 Å². The van der Waals surface area contributed by atoms with Gasteiger partial charge in [0.2, 0.25) is 0 Å². The topological polar surface area (TPSA) is 24.9 Å². The van der Waals surface area contributed by atoms with Crippen molar-refractivity contribution in [1.82, 2.24) is 4.98 Å². The second kappa shape index (κ2) is 4.28. The molecule has 0 aliphatic rings. The van der Waals surface area contributed by atoms with Crippen LogP contribution in [-0.4, -0.2) is 18.2 Å². The Balaban J connectivity index is 2.56. The molecule has 0 amide bonds. The van der Waals surface area contributed by atoms with E-state index >= 15 is 0 Å². The zero-order chi connectivity index (χ0) is 8.10. The molecule has 1 N–H and O–H groups in total. The first-order valence-corrected chi connectivity index (χ1v) is 4.04. The highest BCUT2D eigenvalue weighted by Crippen LogP contribution is 2.09. The van der Waals surface area contributed by atoms with Gasteiger partial charge in [-0.2, -0.15) is 0 Å². The summed E-state index contributed by atoms with van der Waals surface area (Å²) >= 11 is 3.21. The minimum absolute atomic E-state index is 0.309. The summed E-state index contributed by atoms with van der Waals surface area (Å²) in [6.07, 6.45) is 0. The van der Waals surface area contributed by atoms with Crippen molar-refractivity contribution in [3.8, 4) is 0 Å². The third kappa shape index (κ3) is 2.84. The summed E-state index contributed by atoms with van der Waals surface area (Å²) in [5.74, 6) is 0.692. The Morgan fingerprint density at radius 1 is 1.55 bits per heavy atom. The van der Waals surface area contributed by atoms with Crippen molar-refractivity contribution in [2.45, 2.75) is 0 Å². The number of halogens is 2. The predicted molar refractivity (Wildman–Crippen MR) is 46.4 cm³/mol. The second-order valence-corrected chi connectivity index (χ2v) is 2.77. The zero-order valence-electron chi connectivity index (χ0n) is 5.85. The number of nitrogens with one attached hydrogen (secondary N) is 1. The molecule has 0 saturated carbocycles. The Morgan fingerprint density at radius 2 is 2.36 bits per heavy atom. The Kier molecular flexibility index (Phi) is 3.29. The van der Waals surface area contributed by atoms with E-state index in [2.05, 4.69) is 26.2 Å². The molecule has 0 saturated heterocycles. The molecule has 4 heteroatoms. The number of alkyl halides is 1. The van der Waals surface area contributed by atoms with Crippen LogP contribution in [0.15, 0.2) is 22.8 Å². The van der Waals surface area contributed by atoms with Crippen LogP contribution < -0.4 is 5.32 Å². The lowest BCUT2D eigenvalue weighted by atomic mass is 10.4. The molecular formula is C7H8BrFN2. The molecule has 0 unspecified atom stereocenters. The molecule has 1 heterocycles. The van der Waals surface area contributed by atoms with Crippen molar-refractivity contribution in [2.75, 3.05) is 18.5 Å². The number of anilines is 1. The van der Waals surface area contributed by atoms with Crippen LogP contribution in [-0.2, 0) is 0 Å². The van der Waals surface area contributed by atoms with Gasteiger partial charge in [-0.15, -0.1) is 0 Å². The van der Waals surface area contributed by atoms with E-state index in [1.165, 1.54) is 0 Å². The van der Waals surface area contributed by atoms with Crippen LogP contribution in [0.1, 0.15) is 0 Å². The second-order valence-electron chi connectivity index (χ2n) is 1.96. The van der Waals surface area contributed by atoms with E-state index in [9.17, 15) is 4.39 Å². The van der Waals surface area contributed by atoms with Crippen LogP contribution >= 0.6 is 15.9 Å². The maximum absolute atomic E-state index is 11.7. The van der Waals surface area contributed by atoms with Crippen LogP contribution in [0, 0.1) is 0 Å². The van der Waals surface area contributed by atoms with E-state index in [4.69, 9.17) is 0 Å². The molecule has 0 fully saturated rings. The quantitative estimate of drug-likeness (QED) is 0.788. The third-order valence-electron chi connectivity index (χ3n) is 1.12. The average molecular weight is 219 g/mol. The maximum Gasteiger partial charge on any atom is 0.127 e. The van der Waals surface area contributed by atoms with Gasteiger partial charge >= 0.3 is 0 Å². The normalized spacial score (nSPS) is 9.64. The number of hydrogen-bond donors (Lipinski definition) is 1. The summed E-state index contributed by atoms with van der Waals surface area (Å²) in [5, 5.41) is 2.82. The average Bonchev–Trinajstić information content (AvgIpc) is 2.01. The highest BCUT2D eigenvalue weighted by atomic mass is 79.9. The largest absolute Gasteiger partial charge is 0.367 e. The molecule has 11 heavy (non-hydrogen) atoms.